The molecule has 1 aliphatic heterocycles. The van der Waals surface area contributed by atoms with Gasteiger partial charge in [-0.3, -0.25) is 19.2 Å². The van der Waals surface area contributed by atoms with Gasteiger partial charge in [0.25, 0.3) is 0 Å². The number of hydrogen-bond donors (Lipinski definition) is 0. The molecule has 0 spiro atoms. The Morgan fingerprint density at radius 2 is 1.85 bits per heavy atom. The monoisotopic (exact) mass is 381 g/mol. The summed E-state index contributed by atoms with van der Waals surface area (Å²) >= 11 is 6.20. The predicted molar refractivity (Wildman–Crippen MR) is 92.9 cm³/mol. The van der Waals surface area contributed by atoms with Gasteiger partial charge in [-0.15, -0.1) is 0 Å². The van der Waals surface area contributed by atoms with Crippen molar-refractivity contribution in [2.24, 2.45) is 0 Å². The van der Waals surface area contributed by atoms with Crippen molar-refractivity contribution in [3.63, 3.8) is 0 Å². The summed E-state index contributed by atoms with van der Waals surface area (Å²) < 4.78 is 9.90. The van der Waals surface area contributed by atoms with Gasteiger partial charge in [-0.05, 0) is 25.8 Å². The zero-order valence-corrected chi connectivity index (χ0v) is 15.8. The van der Waals surface area contributed by atoms with Crippen LogP contribution in [0.5, 0.6) is 0 Å². The third-order valence-electron chi connectivity index (χ3n) is 4.15. The Hall–Kier alpha value is -2.41. The predicted octanol–water partition coefficient (Wildman–Crippen LogP) is 2.01. The number of hydrogen-bond acceptors (Lipinski definition) is 7. The van der Waals surface area contributed by atoms with Crippen LogP contribution in [-0.4, -0.2) is 47.7 Å². The van der Waals surface area contributed by atoms with Crippen molar-refractivity contribution in [2.75, 3.05) is 13.7 Å². The minimum absolute atomic E-state index is 0.148. The molecule has 1 unspecified atom stereocenters. The molecule has 0 aromatic carbocycles. The number of carbonyl (C=O) groups is 4. The standard InChI is InChI=1S/C18H20ClNO6/c1-10(21)25-7-5-6-12-8-13-14(9-20(12)4)16(23)18(3,26-11(2)22)17(24)15(13)19/h8-9H,5-7H2,1-4H3. The Bertz CT molecular complexity index is 779. The van der Waals surface area contributed by atoms with Crippen LogP contribution in [0.2, 0.25) is 0 Å². The average molecular weight is 382 g/mol. The van der Waals surface area contributed by atoms with E-state index in [4.69, 9.17) is 21.1 Å². The first kappa shape index (κ1) is 19.9. The third-order valence-corrected chi connectivity index (χ3v) is 4.53. The van der Waals surface area contributed by atoms with Crippen molar-refractivity contribution in [3.05, 3.63) is 34.2 Å². The highest BCUT2D eigenvalue weighted by atomic mass is 35.5. The number of fused-ring (bicyclic) bond motifs is 1. The number of ketones is 2. The lowest BCUT2D eigenvalue weighted by Crippen LogP contribution is -2.51. The number of allylic oxidation sites excluding steroid dienone is 3. The molecule has 0 radical (unpaired) electrons. The second kappa shape index (κ2) is 7.45. The first-order chi connectivity index (χ1) is 12.1. The van der Waals surface area contributed by atoms with Gasteiger partial charge in [-0.1, -0.05) is 11.6 Å². The number of rotatable bonds is 5. The summed E-state index contributed by atoms with van der Waals surface area (Å²) in [5.41, 5.74) is -0.623. The van der Waals surface area contributed by atoms with E-state index < -0.39 is 23.1 Å². The van der Waals surface area contributed by atoms with Gasteiger partial charge in [0.1, 0.15) is 0 Å². The highest BCUT2D eigenvalue weighted by molar-refractivity contribution is 6.49. The van der Waals surface area contributed by atoms with Crippen LogP contribution < -0.4 is 0 Å². The number of nitrogens with zero attached hydrogens (tertiary/aromatic N) is 1. The molecule has 0 aromatic heterocycles. The van der Waals surface area contributed by atoms with E-state index in [1.165, 1.54) is 13.8 Å². The molecular weight excluding hydrogens is 362 g/mol. The molecule has 26 heavy (non-hydrogen) atoms. The first-order valence-corrected chi connectivity index (χ1v) is 8.43. The lowest BCUT2D eigenvalue weighted by Gasteiger charge is -2.35. The van der Waals surface area contributed by atoms with E-state index in [9.17, 15) is 19.2 Å². The van der Waals surface area contributed by atoms with Gasteiger partial charge in [0, 0.05) is 43.9 Å². The van der Waals surface area contributed by atoms with E-state index in [1.54, 1.807) is 24.2 Å². The molecule has 2 rings (SSSR count). The highest BCUT2D eigenvalue weighted by Gasteiger charge is 2.52. The van der Waals surface area contributed by atoms with E-state index in [0.717, 1.165) is 12.6 Å². The number of Topliss-reactive ketones (excluding diaryl/α,β-unsaturated/α-hetero) is 2. The number of carbonyl (C=O) groups excluding carboxylic acids is 4. The molecule has 140 valence electrons. The van der Waals surface area contributed by atoms with Crippen LogP contribution in [0.15, 0.2) is 34.2 Å². The summed E-state index contributed by atoms with van der Waals surface area (Å²) in [5.74, 6) is -2.45. The molecule has 0 aromatic rings. The van der Waals surface area contributed by atoms with E-state index in [-0.39, 0.29) is 23.2 Å². The largest absolute Gasteiger partial charge is 0.466 e. The molecule has 0 fully saturated rings. The second-order valence-corrected chi connectivity index (χ2v) is 6.62. The second-order valence-electron chi connectivity index (χ2n) is 6.25. The summed E-state index contributed by atoms with van der Waals surface area (Å²) in [4.78, 5) is 49.2. The molecule has 0 amide bonds. The summed E-state index contributed by atoms with van der Waals surface area (Å²) in [5, 5.41) is -0.148. The van der Waals surface area contributed by atoms with Crippen LogP contribution in [-0.2, 0) is 28.7 Å². The molecule has 2 aliphatic rings. The van der Waals surface area contributed by atoms with E-state index in [0.29, 0.717) is 18.4 Å². The maximum atomic E-state index is 12.8. The lowest BCUT2D eigenvalue weighted by atomic mass is 9.79. The minimum atomic E-state index is -1.96. The van der Waals surface area contributed by atoms with Crippen LogP contribution in [0.4, 0.5) is 0 Å². The average Bonchev–Trinajstić information content (AvgIpc) is 2.55. The van der Waals surface area contributed by atoms with Crippen LogP contribution in [0, 0.1) is 0 Å². The molecule has 7 nitrogen and oxygen atoms in total. The van der Waals surface area contributed by atoms with Crippen molar-refractivity contribution < 1.29 is 28.7 Å². The zero-order chi connectivity index (χ0) is 19.6. The lowest BCUT2D eigenvalue weighted by molar-refractivity contribution is -0.167. The Labute approximate surface area is 156 Å². The zero-order valence-electron chi connectivity index (χ0n) is 15.1. The van der Waals surface area contributed by atoms with Crippen molar-refractivity contribution in [3.8, 4) is 0 Å². The van der Waals surface area contributed by atoms with Gasteiger partial charge >= 0.3 is 11.9 Å². The summed E-state index contributed by atoms with van der Waals surface area (Å²) in [6, 6.07) is 0. The Morgan fingerprint density at radius 1 is 1.19 bits per heavy atom. The summed E-state index contributed by atoms with van der Waals surface area (Å²) in [6.45, 7) is 3.98. The molecular formula is C18H20ClNO6. The maximum absolute atomic E-state index is 12.8. The van der Waals surface area contributed by atoms with E-state index in [1.807, 2.05) is 0 Å². The third kappa shape index (κ3) is 3.72. The Kier molecular flexibility index (Phi) is 5.71. The van der Waals surface area contributed by atoms with Gasteiger partial charge in [0.15, 0.2) is 0 Å². The van der Waals surface area contributed by atoms with Gasteiger partial charge in [-0.25, -0.2) is 0 Å². The number of ether oxygens (including phenoxy) is 2. The fourth-order valence-electron chi connectivity index (χ4n) is 2.84. The quantitative estimate of drug-likeness (QED) is 0.408. The molecule has 0 N–H and O–H groups in total. The van der Waals surface area contributed by atoms with Crippen LogP contribution in [0.25, 0.3) is 0 Å². The van der Waals surface area contributed by atoms with Gasteiger partial charge < -0.3 is 14.4 Å². The SMILES string of the molecule is CC(=O)OCCCC1=CC2=C(Cl)C(=O)C(C)(OC(C)=O)C(=O)C2=CN1C. The topological polar surface area (TPSA) is 90.0 Å². The molecule has 0 bridgehead atoms. The van der Waals surface area contributed by atoms with Crippen molar-refractivity contribution in [1.29, 1.82) is 0 Å². The fraction of sp³-hybridized carbons (Fsp3) is 0.444. The van der Waals surface area contributed by atoms with Crippen molar-refractivity contribution in [1.82, 2.24) is 4.90 Å². The minimum Gasteiger partial charge on any atom is -0.466 e. The summed E-state index contributed by atoms with van der Waals surface area (Å²) in [7, 11) is 1.75. The van der Waals surface area contributed by atoms with Crippen LogP contribution in [0.3, 0.4) is 0 Å². The molecule has 1 aliphatic carbocycles. The highest BCUT2D eigenvalue weighted by Crippen LogP contribution is 2.39. The Balaban J connectivity index is 2.31. The van der Waals surface area contributed by atoms with Crippen molar-refractivity contribution in [2.45, 2.75) is 39.2 Å². The molecule has 0 saturated heterocycles. The fourth-order valence-corrected chi connectivity index (χ4v) is 3.18. The van der Waals surface area contributed by atoms with Gasteiger partial charge in [0.2, 0.25) is 17.2 Å². The smallest absolute Gasteiger partial charge is 0.304 e. The molecule has 0 saturated carbocycles. The Morgan fingerprint density at radius 3 is 2.42 bits per heavy atom. The van der Waals surface area contributed by atoms with Crippen LogP contribution >= 0.6 is 11.6 Å². The van der Waals surface area contributed by atoms with E-state index in [2.05, 4.69) is 0 Å². The maximum Gasteiger partial charge on any atom is 0.304 e. The molecule has 1 atom stereocenters. The summed E-state index contributed by atoms with van der Waals surface area (Å²) in [6.07, 6.45) is 4.37. The normalized spacial score (nSPS) is 22.6. The first-order valence-electron chi connectivity index (χ1n) is 8.06. The van der Waals surface area contributed by atoms with Gasteiger partial charge in [0.05, 0.1) is 11.6 Å². The number of halogens is 1. The van der Waals surface area contributed by atoms with E-state index >= 15 is 0 Å². The van der Waals surface area contributed by atoms with Gasteiger partial charge in [-0.2, -0.15) is 0 Å². The molecule has 8 heteroatoms. The number of esters is 2. The van der Waals surface area contributed by atoms with Crippen molar-refractivity contribution >= 4 is 35.1 Å². The van der Waals surface area contributed by atoms with Crippen LogP contribution in [0.1, 0.15) is 33.6 Å². The molecule has 1 heterocycles.